The number of hydrogen-bond acceptors (Lipinski definition) is 5. The maximum Gasteiger partial charge on any atom is 0.232 e. The van der Waals surface area contributed by atoms with Gasteiger partial charge in [0.2, 0.25) is 5.91 Å². The Labute approximate surface area is 243 Å². The highest BCUT2D eigenvalue weighted by Crippen LogP contribution is 2.44. The summed E-state index contributed by atoms with van der Waals surface area (Å²) in [4.78, 5) is 15.7. The standard InChI is InChI=1S/C33H40ClN3O3/c1-5-21(2)40-31-19-29-25(17-30(31)39-4)18-32(38)37(33(29)24-8-12-26(34)13-9-24)28-14-10-23(11-15-28)22(3)36-27-7-6-16-35-20-27/h8-15,17,19,21-22,27,33,35-36H,5-7,16,18,20H2,1-4H3/t21-,22?,27+,33?/m1/s1. The number of amides is 1. The second-order valence-electron chi connectivity index (χ2n) is 11.0. The molecular formula is C33H40ClN3O3. The van der Waals surface area contributed by atoms with Crippen LogP contribution in [0.5, 0.6) is 11.5 Å². The van der Waals surface area contributed by atoms with Gasteiger partial charge in [-0.15, -0.1) is 0 Å². The molecule has 7 heteroatoms. The molecule has 6 nitrogen and oxygen atoms in total. The zero-order chi connectivity index (χ0) is 28.2. The summed E-state index contributed by atoms with van der Waals surface area (Å²) in [5.41, 5.74) is 5.04. The van der Waals surface area contributed by atoms with Gasteiger partial charge in [0.05, 0.1) is 25.7 Å². The summed E-state index contributed by atoms with van der Waals surface area (Å²) in [6, 6.07) is 20.5. The van der Waals surface area contributed by atoms with Crippen LogP contribution in [0.1, 0.15) is 74.4 Å². The summed E-state index contributed by atoms with van der Waals surface area (Å²) in [6.07, 6.45) is 3.59. The number of hydrogen-bond donors (Lipinski definition) is 2. The molecule has 0 spiro atoms. The fourth-order valence-electron chi connectivity index (χ4n) is 5.74. The Hall–Kier alpha value is -3.06. The fourth-order valence-corrected chi connectivity index (χ4v) is 5.87. The Morgan fingerprint density at radius 3 is 2.48 bits per heavy atom. The number of nitrogens with one attached hydrogen (secondary N) is 2. The van der Waals surface area contributed by atoms with Crippen LogP contribution in [0, 0.1) is 0 Å². The minimum Gasteiger partial charge on any atom is -0.493 e. The number of methoxy groups -OCH3 is 1. The van der Waals surface area contributed by atoms with Crippen LogP contribution in [0.4, 0.5) is 5.69 Å². The van der Waals surface area contributed by atoms with Gasteiger partial charge in [-0.25, -0.2) is 0 Å². The summed E-state index contributed by atoms with van der Waals surface area (Å²) in [6.45, 7) is 8.45. The molecule has 3 aromatic rings. The van der Waals surface area contributed by atoms with E-state index in [0.717, 1.165) is 41.9 Å². The van der Waals surface area contributed by atoms with E-state index in [1.165, 1.54) is 18.4 Å². The third-order valence-corrected chi connectivity index (χ3v) is 8.38. The average Bonchev–Trinajstić information content (AvgIpc) is 2.97. The van der Waals surface area contributed by atoms with Crippen LogP contribution in [0.15, 0.2) is 60.7 Å². The van der Waals surface area contributed by atoms with E-state index in [1.807, 2.05) is 42.2 Å². The molecule has 1 fully saturated rings. The van der Waals surface area contributed by atoms with Crippen molar-refractivity contribution in [2.24, 2.45) is 0 Å². The van der Waals surface area contributed by atoms with Crippen molar-refractivity contribution in [3.05, 3.63) is 87.9 Å². The monoisotopic (exact) mass is 561 g/mol. The van der Waals surface area contributed by atoms with Crippen LogP contribution < -0.4 is 25.0 Å². The van der Waals surface area contributed by atoms with E-state index >= 15 is 0 Å². The predicted octanol–water partition coefficient (Wildman–Crippen LogP) is 6.61. The van der Waals surface area contributed by atoms with Gasteiger partial charge in [0.1, 0.15) is 0 Å². The van der Waals surface area contributed by atoms with Crippen LogP contribution in [-0.4, -0.2) is 38.3 Å². The summed E-state index contributed by atoms with van der Waals surface area (Å²) >= 11 is 6.26. The average molecular weight is 562 g/mol. The maximum atomic E-state index is 13.8. The SMILES string of the molecule is CC[C@@H](C)Oc1cc2c(cc1OC)CC(=O)N(c1ccc(C(C)N[C@H]3CCCNC3)cc1)C2c1ccc(Cl)cc1. The number of carbonyl (C=O) groups is 1. The van der Waals surface area contributed by atoms with Crippen molar-refractivity contribution in [2.45, 2.75) is 70.7 Å². The Morgan fingerprint density at radius 2 is 1.82 bits per heavy atom. The minimum atomic E-state index is -0.326. The molecule has 2 unspecified atom stereocenters. The van der Waals surface area contributed by atoms with E-state index in [2.05, 4.69) is 54.8 Å². The minimum absolute atomic E-state index is 0.0368. The van der Waals surface area contributed by atoms with Gasteiger partial charge in [0.15, 0.2) is 11.5 Å². The van der Waals surface area contributed by atoms with Gasteiger partial charge < -0.3 is 25.0 Å². The quantitative estimate of drug-likeness (QED) is 0.308. The molecule has 1 amide bonds. The highest BCUT2D eigenvalue weighted by molar-refractivity contribution is 6.30. The Bertz CT molecular complexity index is 1310. The van der Waals surface area contributed by atoms with E-state index in [0.29, 0.717) is 22.6 Å². The van der Waals surface area contributed by atoms with E-state index in [4.69, 9.17) is 21.1 Å². The predicted molar refractivity (Wildman–Crippen MR) is 162 cm³/mol. The highest BCUT2D eigenvalue weighted by Gasteiger charge is 2.36. The summed E-state index contributed by atoms with van der Waals surface area (Å²) in [5.74, 6) is 1.38. The van der Waals surface area contributed by atoms with E-state index in [-0.39, 0.29) is 30.5 Å². The molecule has 4 atom stereocenters. The lowest BCUT2D eigenvalue weighted by Gasteiger charge is -2.38. The highest BCUT2D eigenvalue weighted by atomic mass is 35.5. The molecule has 1 saturated heterocycles. The van der Waals surface area contributed by atoms with Gasteiger partial charge in [-0.1, -0.05) is 42.8 Å². The maximum absolute atomic E-state index is 13.8. The number of rotatable bonds is 9. The normalized spacial score (nSPS) is 20.5. The van der Waals surface area contributed by atoms with Crippen molar-refractivity contribution in [1.82, 2.24) is 10.6 Å². The van der Waals surface area contributed by atoms with Crippen molar-refractivity contribution in [3.63, 3.8) is 0 Å². The molecule has 2 aliphatic heterocycles. The lowest BCUT2D eigenvalue weighted by Crippen LogP contribution is -2.44. The molecule has 2 N–H and O–H groups in total. The first kappa shape index (κ1) is 28.5. The largest absolute Gasteiger partial charge is 0.493 e. The van der Waals surface area contributed by atoms with E-state index in [9.17, 15) is 4.79 Å². The zero-order valence-electron chi connectivity index (χ0n) is 23.9. The molecule has 0 saturated carbocycles. The van der Waals surface area contributed by atoms with Gasteiger partial charge in [-0.05, 0) is 98.3 Å². The van der Waals surface area contributed by atoms with Crippen LogP contribution in [-0.2, 0) is 11.2 Å². The van der Waals surface area contributed by atoms with Crippen molar-refractivity contribution in [1.29, 1.82) is 0 Å². The van der Waals surface area contributed by atoms with E-state index in [1.54, 1.807) is 7.11 Å². The number of anilines is 1. The van der Waals surface area contributed by atoms with Gasteiger partial charge in [-0.2, -0.15) is 0 Å². The molecule has 3 aromatic carbocycles. The van der Waals surface area contributed by atoms with Crippen LogP contribution in [0.25, 0.3) is 0 Å². The van der Waals surface area contributed by atoms with Gasteiger partial charge >= 0.3 is 0 Å². The number of ether oxygens (including phenoxy) is 2. The molecular weight excluding hydrogens is 522 g/mol. The lowest BCUT2D eigenvalue weighted by atomic mass is 9.86. The Balaban J connectivity index is 1.51. The third-order valence-electron chi connectivity index (χ3n) is 8.13. The molecule has 0 bridgehead atoms. The molecule has 0 radical (unpaired) electrons. The van der Waals surface area contributed by atoms with Crippen molar-refractivity contribution >= 4 is 23.2 Å². The molecule has 212 valence electrons. The Morgan fingerprint density at radius 1 is 1.07 bits per heavy atom. The summed E-state index contributed by atoms with van der Waals surface area (Å²) in [7, 11) is 1.64. The lowest BCUT2D eigenvalue weighted by molar-refractivity contribution is -0.118. The number of benzene rings is 3. The van der Waals surface area contributed by atoms with Crippen LogP contribution in [0.2, 0.25) is 5.02 Å². The second kappa shape index (κ2) is 12.6. The second-order valence-corrected chi connectivity index (χ2v) is 11.4. The van der Waals surface area contributed by atoms with Gasteiger partial charge in [-0.3, -0.25) is 4.79 Å². The van der Waals surface area contributed by atoms with Crippen molar-refractivity contribution in [2.75, 3.05) is 25.1 Å². The number of piperidine rings is 1. The van der Waals surface area contributed by atoms with Crippen LogP contribution >= 0.6 is 11.6 Å². The third kappa shape index (κ3) is 6.14. The Kier molecular flexibility index (Phi) is 8.99. The smallest absolute Gasteiger partial charge is 0.232 e. The number of nitrogens with zero attached hydrogens (tertiary/aromatic N) is 1. The fraction of sp³-hybridized carbons (Fsp3) is 0.424. The molecule has 0 aliphatic carbocycles. The molecule has 0 aromatic heterocycles. The van der Waals surface area contributed by atoms with E-state index < -0.39 is 0 Å². The van der Waals surface area contributed by atoms with Crippen molar-refractivity contribution < 1.29 is 14.3 Å². The van der Waals surface area contributed by atoms with Crippen molar-refractivity contribution in [3.8, 4) is 11.5 Å². The van der Waals surface area contributed by atoms with Crippen LogP contribution in [0.3, 0.4) is 0 Å². The zero-order valence-corrected chi connectivity index (χ0v) is 24.6. The molecule has 2 aliphatic rings. The van der Waals surface area contributed by atoms with Gasteiger partial charge in [0, 0.05) is 29.3 Å². The number of carbonyl (C=O) groups excluding carboxylic acids is 1. The molecule has 5 rings (SSSR count). The van der Waals surface area contributed by atoms with Gasteiger partial charge in [0.25, 0.3) is 0 Å². The summed E-state index contributed by atoms with van der Waals surface area (Å²) < 4.78 is 11.9. The topological polar surface area (TPSA) is 62.8 Å². The first-order valence-corrected chi connectivity index (χ1v) is 14.8. The summed E-state index contributed by atoms with van der Waals surface area (Å²) in [5, 5.41) is 7.88. The number of fused-ring (bicyclic) bond motifs is 1. The first-order valence-electron chi connectivity index (χ1n) is 14.4. The molecule has 40 heavy (non-hydrogen) atoms. The first-order chi connectivity index (χ1) is 19.4. The number of halogens is 1. The molecule has 2 heterocycles.